The van der Waals surface area contributed by atoms with E-state index in [9.17, 15) is 8.78 Å². The molecule has 144 valence electrons. The van der Waals surface area contributed by atoms with Crippen LogP contribution in [0.1, 0.15) is 30.9 Å². The van der Waals surface area contributed by atoms with Crippen LogP contribution in [-0.4, -0.2) is 30.6 Å². The molecule has 0 radical (unpaired) electrons. The Morgan fingerprint density at radius 3 is 2.74 bits per heavy atom. The summed E-state index contributed by atoms with van der Waals surface area (Å²) >= 11 is 0. The van der Waals surface area contributed by atoms with Gasteiger partial charge in [-0.2, -0.15) is 0 Å². The van der Waals surface area contributed by atoms with Crippen molar-refractivity contribution in [3.05, 3.63) is 59.3 Å². The number of rotatable bonds is 6. The van der Waals surface area contributed by atoms with E-state index in [1.54, 1.807) is 6.20 Å². The highest BCUT2D eigenvalue weighted by molar-refractivity contribution is 5.79. The maximum atomic E-state index is 13.8. The monoisotopic (exact) mass is 373 g/mol. The van der Waals surface area contributed by atoms with Crippen LogP contribution >= 0.6 is 0 Å². The number of benzene rings is 1. The molecule has 0 amide bonds. The summed E-state index contributed by atoms with van der Waals surface area (Å²) in [5.41, 5.74) is 1.32. The summed E-state index contributed by atoms with van der Waals surface area (Å²) in [6, 6.07) is 7.44. The van der Waals surface area contributed by atoms with Crippen LogP contribution in [0.25, 0.3) is 0 Å². The van der Waals surface area contributed by atoms with Crippen LogP contribution in [0, 0.1) is 11.6 Å². The molecular weight excluding hydrogens is 348 g/mol. The Labute approximate surface area is 158 Å². The van der Waals surface area contributed by atoms with E-state index < -0.39 is 11.6 Å². The Hall–Kier alpha value is -2.70. The lowest BCUT2D eigenvalue weighted by molar-refractivity contribution is 0.581. The van der Waals surface area contributed by atoms with Gasteiger partial charge in [-0.15, -0.1) is 0 Å². The Morgan fingerprint density at radius 2 is 1.96 bits per heavy atom. The van der Waals surface area contributed by atoms with Gasteiger partial charge in [-0.3, -0.25) is 0 Å². The molecule has 2 N–H and O–H groups in total. The van der Waals surface area contributed by atoms with E-state index in [0.717, 1.165) is 36.6 Å². The second-order valence-electron chi connectivity index (χ2n) is 6.50. The van der Waals surface area contributed by atoms with Crippen LogP contribution in [0.2, 0.25) is 0 Å². The fraction of sp³-hybridized carbons (Fsp3) is 0.400. The van der Waals surface area contributed by atoms with E-state index >= 15 is 0 Å². The predicted molar refractivity (Wildman–Crippen MR) is 104 cm³/mol. The molecule has 0 spiro atoms. The topological polar surface area (TPSA) is 52.6 Å². The van der Waals surface area contributed by atoms with Crippen molar-refractivity contribution in [2.45, 2.75) is 32.9 Å². The zero-order chi connectivity index (χ0) is 19.1. The molecule has 0 saturated carbocycles. The van der Waals surface area contributed by atoms with Crippen molar-refractivity contribution in [3.8, 4) is 0 Å². The number of hydrogen-bond donors (Lipinski definition) is 2. The molecule has 1 fully saturated rings. The second kappa shape index (κ2) is 9.30. The first-order valence-corrected chi connectivity index (χ1v) is 9.31. The molecular formula is C20H25F2N5. The molecule has 0 bridgehead atoms. The molecule has 1 aromatic heterocycles. The average Bonchev–Trinajstić information content (AvgIpc) is 3.21. The molecule has 3 rings (SSSR count). The molecule has 0 aliphatic carbocycles. The van der Waals surface area contributed by atoms with Crippen LogP contribution in [0.15, 0.2) is 41.5 Å². The van der Waals surface area contributed by atoms with Gasteiger partial charge in [0.25, 0.3) is 0 Å². The van der Waals surface area contributed by atoms with Crippen molar-refractivity contribution in [2.24, 2.45) is 4.99 Å². The zero-order valence-electron chi connectivity index (χ0n) is 15.5. The zero-order valence-corrected chi connectivity index (χ0v) is 15.5. The number of anilines is 1. The van der Waals surface area contributed by atoms with E-state index in [0.29, 0.717) is 19.0 Å². The van der Waals surface area contributed by atoms with Gasteiger partial charge in [0, 0.05) is 37.9 Å². The van der Waals surface area contributed by atoms with Crippen molar-refractivity contribution in [3.63, 3.8) is 0 Å². The first-order chi connectivity index (χ1) is 13.2. The second-order valence-corrected chi connectivity index (χ2v) is 6.50. The minimum Gasteiger partial charge on any atom is -0.357 e. The molecule has 7 heteroatoms. The summed E-state index contributed by atoms with van der Waals surface area (Å²) < 4.78 is 27.1. The quantitative estimate of drug-likeness (QED) is 0.603. The lowest BCUT2D eigenvalue weighted by atomic mass is 10.2. The lowest BCUT2D eigenvalue weighted by Crippen LogP contribution is -2.37. The summed E-state index contributed by atoms with van der Waals surface area (Å²) in [4.78, 5) is 11.3. The largest absolute Gasteiger partial charge is 0.357 e. The highest BCUT2D eigenvalue weighted by Gasteiger charge is 2.13. The van der Waals surface area contributed by atoms with Gasteiger partial charge in [-0.1, -0.05) is 0 Å². The molecule has 1 saturated heterocycles. The molecule has 2 heterocycles. The Bertz CT molecular complexity index is 788. The van der Waals surface area contributed by atoms with Gasteiger partial charge < -0.3 is 15.5 Å². The standard InChI is InChI=1S/C20H25F2N5/c1-2-23-20(26-14-16-12-17(21)5-6-18(16)22)25-13-15-7-8-24-19(11-15)27-9-3-4-10-27/h5-8,11-12H,2-4,9-10,13-14H2,1H3,(H2,23,25,26). The van der Waals surface area contributed by atoms with Gasteiger partial charge in [0.15, 0.2) is 5.96 Å². The molecule has 1 aliphatic rings. The third-order valence-electron chi connectivity index (χ3n) is 4.46. The minimum atomic E-state index is -0.457. The number of pyridine rings is 1. The fourth-order valence-corrected chi connectivity index (χ4v) is 3.05. The normalized spacial score (nSPS) is 14.5. The molecule has 0 unspecified atom stereocenters. The van der Waals surface area contributed by atoms with E-state index in [1.165, 1.54) is 18.9 Å². The maximum Gasteiger partial charge on any atom is 0.191 e. The smallest absolute Gasteiger partial charge is 0.191 e. The minimum absolute atomic E-state index is 0.158. The highest BCUT2D eigenvalue weighted by atomic mass is 19.1. The van der Waals surface area contributed by atoms with Crippen molar-refractivity contribution < 1.29 is 8.78 Å². The number of aromatic nitrogens is 1. The van der Waals surface area contributed by atoms with E-state index in [2.05, 4.69) is 31.6 Å². The van der Waals surface area contributed by atoms with Crippen molar-refractivity contribution in [1.29, 1.82) is 0 Å². The van der Waals surface area contributed by atoms with Crippen LogP contribution < -0.4 is 15.5 Å². The van der Waals surface area contributed by atoms with Crippen molar-refractivity contribution >= 4 is 11.8 Å². The SMILES string of the molecule is CCNC(=NCc1ccnc(N2CCCC2)c1)NCc1cc(F)ccc1F. The van der Waals surface area contributed by atoms with E-state index in [1.807, 2.05) is 13.0 Å². The first kappa shape index (κ1) is 19.1. The van der Waals surface area contributed by atoms with Gasteiger partial charge in [0.1, 0.15) is 17.5 Å². The molecule has 27 heavy (non-hydrogen) atoms. The summed E-state index contributed by atoms with van der Waals surface area (Å²) in [5.74, 6) is 0.645. The Balaban J connectivity index is 1.65. The Kier molecular flexibility index (Phi) is 6.57. The third kappa shape index (κ3) is 5.39. The molecule has 1 aromatic carbocycles. The Morgan fingerprint density at radius 1 is 1.15 bits per heavy atom. The maximum absolute atomic E-state index is 13.8. The van der Waals surface area contributed by atoms with Crippen LogP contribution in [-0.2, 0) is 13.1 Å². The number of nitrogens with zero attached hydrogens (tertiary/aromatic N) is 3. The van der Waals surface area contributed by atoms with Crippen molar-refractivity contribution in [1.82, 2.24) is 15.6 Å². The number of aliphatic imine (C=N–C) groups is 1. The van der Waals surface area contributed by atoms with Gasteiger partial charge in [0.2, 0.25) is 0 Å². The third-order valence-corrected chi connectivity index (χ3v) is 4.46. The van der Waals surface area contributed by atoms with Gasteiger partial charge >= 0.3 is 0 Å². The molecule has 1 aliphatic heterocycles. The van der Waals surface area contributed by atoms with Crippen LogP contribution in [0.4, 0.5) is 14.6 Å². The highest BCUT2D eigenvalue weighted by Crippen LogP contribution is 2.18. The summed E-state index contributed by atoms with van der Waals surface area (Å²) in [7, 11) is 0. The summed E-state index contributed by atoms with van der Waals surface area (Å²) in [6.07, 6.45) is 4.21. The van der Waals surface area contributed by atoms with Crippen LogP contribution in [0.3, 0.4) is 0 Å². The lowest BCUT2D eigenvalue weighted by Gasteiger charge is -2.16. The fourth-order valence-electron chi connectivity index (χ4n) is 3.05. The number of guanidine groups is 1. The predicted octanol–water partition coefficient (Wildman–Crippen LogP) is 3.22. The summed E-state index contributed by atoms with van der Waals surface area (Å²) in [5, 5.41) is 6.17. The molecule has 2 aromatic rings. The average molecular weight is 373 g/mol. The van der Waals surface area contributed by atoms with Crippen molar-refractivity contribution in [2.75, 3.05) is 24.5 Å². The van der Waals surface area contributed by atoms with Gasteiger partial charge in [-0.05, 0) is 55.7 Å². The van der Waals surface area contributed by atoms with Crippen LogP contribution in [0.5, 0.6) is 0 Å². The molecule has 0 atom stereocenters. The first-order valence-electron chi connectivity index (χ1n) is 9.31. The van der Waals surface area contributed by atoms with Gasteiger partial charge in [-0.25, -0.2) is 18.8 Å². The number of hydrogen-bond acceptors (Lipinski definition) is 3. The molecule has 5 nitrogen and oxygen atoms in total. The van der Waals surface area contributed by atoms with Gasteiger partial charge in [0.05, 0.1) is 6.54 Å². The number of nitrogens with one attached hydrogen (secondary N) is 2. The number of halogens is 2. The van der Waals surface area contributed by atoms with E-state index in [-0.39, 0.29) is 12.1 Å². The summed E-state index contributed by atoms with van der Waals surface area (Å²) in [6.45, 7) is 5.35. The van der Waals surface area contributed by atoms with E-state index in [4.69, 9.17) is 0 Å².